The van der Waals surface area contributed by atoms with E-state index in [0.29, 0.717) is 4.70 Å². The summed E-state index contributed by atoms with van der Waals surface area (Å²) >= 11 is 0. The Morgan fingerprint density at radius 3 is 2.13 bits per heavy atom. The van der Waals surface area contributed by atoms with Gasteiger partial charge in [0.15, 0.2) is 14.3 Å². The number of rotatable bonds is 0. The number of ether oxygens (including phenoxy) is 1. The summed E-state index contributed by atoms with van der Waals surface area (Å²) in [4.78, 5) is 0. The van der Waals surface area contributed by atoms with Gasteiger partial charge in [0.1, 0.15) is 11.0 Å². The molecule has 7 heteroatoms. The molecule has 0 saturated heterocycles. The Kier molecular flexibility index (Phi) is 4.00. The molecule has 0 bridgehead atoms. The third-order valence-electron chi connectivity index (χ3n) is 13.1. The van der Waals surface area contributed by atoms with E-state index in [0.717, 1.165) is 23.0 Å². The normalized spacial score (nSPS) is 17.8. The molecule has 2 spiro atoms. The maximum Gasteiger partial charge on any atom is 0.355 e. The van der Waals surface area contributed by atoms with E-state index in [2.05, 4.69) is 176 Å². The largest absolute Gasteiger partial charge is 0.412 e. The Hall–Kier alpha value is -6.80. The molecule has 1 atom stereocenters. The summed E-state index contributed by atoms with van der Waals surface area (Å²) in [6, 6.07) is 57.1. The molecule has 0 saturated carbocycles. The van der Waals surface area contributed by atoms with Crippen LogP contribution in [0.4, 0.5) is 11.4 Å². The number of hydrogen-bond donors (Lipinski definition) is 0. The lowest BCUT2D eigenvalue weighted by atomic mass is 10.1. The summed E-state index contributed by atoms with van der Waals surface area (Å²) in [5.74, 6) is 1.71. The van der Waals surface area contributed by atoms with Gasteiger partial charge in [0.05, 0.1) is 15.5 Å². The second kappa shape index (κ2) is 8.13. The smallest absolute Gasteiger partial charge is 0.355 e. The van der Waals surface area contributed by atoms with Crippen LogP contribution >= 0.6 is 0 Å². The molecule has 0 N–H and O–H groups in total. The molecule has 6 nitrogen and oxygen atoms in total. The lowest BCUT2D eigenvalue weighted by Gasteiger charge is -2.41. The third kappa shape index (κ3) is 2.41. The van der Waals surface area contributed by atoms with Crippen molar-refractivity contribution in [1.29, 1.82) is 0 Å². The zero-order valence-electron chi connectivity index (χ0n) is 28.2. The molecule has 6 aromatic carbocycles. The van der Waals surface area contributed by atoms with Crippen LogP contribution in [0.25, 0.3) is 66.4 Å². The molecule has 5 aliphatic heterocycles. The molecule has 0 fully saturated rings. The third-order valence-corrected chi connectivity index (χ3v) is 18.0. The van der Waals surface area contributed by atoms with E-state index >= 15 is 0 Å². The van der Waals surface area contributed by atoms with Gasteiger partial charge < -0.3 is 4.74 Å². The van der Waals surface area contributed by atoms with Crippen LogP contribution in [0.5, 0.6) is 11.6 Å². The van der Waals surface area contributed by atoms with E-state index in [9.17, 15) is 0 Å². The van der Waals surface area contributed by atoms with E-state index in [1.54, 1.807) is 0 Å². The van der Waals surface area contributed by atoms with Crippen molar-refractivity contribution in [3.63, 3.8) is 0 Å². The lowest BCUT2D eigenvalue weighted by Crippen LogP contribution is -2.87. The standard InChI is InChI=1S/C46H26N5OSi/c1-4-16-33-27(11-1)32-22-25-41-50-46(32)48(33)34-17-5-6-18-35(34)51(50)44-36(52-41)23-24-40-43(44)49-42-30(31-15-10-26-47(51)45(31)49)14-9-21-39(42)53(40)37-19-7-2-12-28(37)29-13-3-8-20-38(29)53/h1-26H/q+3. The van der Waals surface area contributed by atoms with Crippen LogP contribution in [0.15, 0.2) is 158 Å². The first-order valence-electron chi connectivity index (χ1n) is 18.4. The molecular weight excluding hydrogens is 667 g/mol. The minimum Gasteiger partial charge on any atom is -0.412 e. The molecule has 5 aliphatic rings. The fraction of sp³-hybridized carbons (Fsp3) is 0. The van der Waals surface area contributed by atoms with Gasteiger partial charge in [-0.25, -0.2) is 0 Å². The summed E-state index contributed by atoms with van der Waals surface area (Å²) in [5, 5.41) is 10.8. The van der Waals surface area contributed by atoms with Gasteiger partial charge in [-0.3, -0.25) is 0 Å². The minimum absolute atomic E-state index is 0.328. The lowest BCUT2D eigenvalue weighted by molar-refractivity contribution is -1.02. The van der Waals surface area contributed by atoms with Crippen LogP contribution in [-0.4, -0.2) is 17.2 Å². The Balaban J connectivity index is 1.26. The van der Waals surface area contributed by atoms with Crippen LogP contribution < -0.4 is 39.5 Å². The van der Waals surface area contributed by atoms with Gasteiger partial charge >= 0.3 is 22.9 Å². The molecular formula is C46H26N5OSi+3. The summed E-state index contributed by atoms with van der Waals surface area (Å²) in [5.41, 5.74) is 12.3. The van der Waals surface area contributed by atoms with Gasteiger partial charge in [0, 0.05) is 38.0 Å². The molecule has 0 aliphatic carbocycles. The monoisotopic (exact) mass is 692 g/mol. The highest BCUT2D eigenvalue weighted by atomic mass is 28.3. The van der Waals surface area contributed by atoms with Crippen molar-refractivity contribution in [2.45, 2.75) is 0 Å². The average molecular weight is 693 g/mol. The predicted molar refractivity (Wildman–Crippen MR) is 210 cm³/mol. The highest BCUT2D eigenvalue weighted by Crippen LogP contribution is 2.55. The number of pyridine rings is 2. The number of fused-ring (bicyclic) bond motifs is 13. The van der Waals surface area contributed by atoms with Gasteiger partial charge in [0.2, 0.25) is 17.1 Å². The first kappa shape index (κ1) is 26.0. The van der Waals surface area contributed by atoms with Crippen molar-refractivity contribution in [1.82, 2.24) is 13.8 Å². The van der Waals surface area contributed by atoms with E-state index in [4.69, 9.17) is 4.74 Å². The molecule has 1 unspecified atom stereocenters. The SMILES string of the molecule is c1ccc2c(c1)-c1ccccc1[Si]21c2ccc3c4c2-n2c5c1cccc5c1ccc[n+](c12)[N+]41c2ccccc2-n2c4ccccc4c4ccc([n+]1c42)O3. The Morgan fingerprint density at radius 2 is 1.25 bits per heavy atom. The van der Waals surface area contributed by atoms with E-state index in [1.807, 2.05) is 0 Å². The quantitative estimate of drug-likeness (QED) is 0.102. The first-order chi connectivity index (χ1) is 26.3. The van der Waals surface area contributed by atoms with Gasteiger partial charge in [-0.15, -0.1) is 0 Å². The van der Waals surface area contributed by atoms with Crippen molar-refractivity contribution in [3.8, 4) is 34.1 Å². The summed E-state index contributed by atoms with van der Waals surface area (Å²) in [7, 11) is -2.84. The zero-order chi connectivity index (χ0) is 33.9. The van der Waals surface area contributed by atoms with Crippen molar-refractivity contribution in [2.24, 2.45) is 0 Å². The maximum atomic E-state index is 7.19. The summed E-state index contributed by atoms with van der Waals surface area (Å²) in [6.07, 6.45) is 2.29. The van der Waals surface area contributed by atoms with Crippen molar-refractivity contribution in [2.75, 3.05) is 0 Å². The van der Waals surface area contributed by atoms with Crippen molar-refractivity contribution >= 4 is 84.1 Å². The number of quaternary nitrogens is 1. The van der Waals surface area contributed by atoms with Crippen molar-refractivity contribution in [3.05, 3.63) is 158 Å². The van der Waals surface area contributed by atoms with Gasteiger partial charge in [-0.2, -0.15) is 9.13 Å². The fourth-order valence-corrected chi connectivity index (χ4v) is 17.0. The van der Waals surface area contributed by atoms with E-state index < -0.39 is 8.07 Å². The molecule has 4 aromatic heterocycles. The molecule has 242 valence electrons. The van der Waals surface area contributed by atoms with Gasteiger partial charge in [0.25, 0.3) is 5.69 Å². The first-order valence-corrected chi connectivity index (χ1v) is 20.4. The molecule has 53 heavy (non-hydrogen) atoms. The number of para-hydroxylation sites is 4. The van der Waals surface area contributed by atoms with Crippen molar-refractivity contribution < 1.29 is 14.1 Å². The highest BCUT2D eigenvalue weighted by molar-refractivity contribution is 7.23. The second-order valence-electron chi connectivity index (χ2n) is 15.0. The van der Waals surface area contributed by atoms with E-state index in [1.165, 1.54) is 87.2 Å². The van der Waals surface area contributed by atoms with Crippen LogP contribution in [0.3, 0.4) is 0 Å². The summed E-state index contributed by atoms with van der Waals surface area (Å²) in [6.45, 7) is 0. The van der Waals surface area contributed by atoms with Gasteiger partial charge in [-0.05, 0) is 74.7 Å². The van der Waals surface area contributed by atoms with Crippen LogP contribution in [-0.2, 0) is 0 Å². The number of nitrogens with zero attached hydrogens (tertiary/aromatic N) is 5. The van der Waals surface area contributed by atoms with Crippen LogP contribution in [0, 0.1) is 0 Å². The molecule has 10 aromatic rings. The Bertz CT molecular complexity index is 3420. The van der Waals surface area contributed by atoms with Crippen LogP contribution in [0.2, 0.25) is 0 Å². The molecule has 9 heterocycles. The highest BCUT2D eigenvalue weighted by Gasteiger charge is 2.69. The Morgan fingerprint density at radius 1 is 0.528 bits per heavy atom. The minimum atomic E-state index is -2.84. The molecule has 15 rings (SSSR count). The maximum absolute atomic E-state index is 7.19. The second-order valence-corrected chi connectivity index (χ2v) is 18.7. The molecule has 0 amide bonds. The molecule has 0 radical (unpaired) electrons. The number of hydrogen-bond acceptors (Lipinski definition) is 1. The summed E-state index contributed by atoms with van der Waals surface area (Å²) < 4.78 is 17.6. The average Bonchev–Trinajstić information content (AvgIpc) is 3.85. The fourth-order valence-electron chi connectivity index (χ4n) is 11.5. The zero-order valence-corrected chi connectivity index (χ0v) is 29.2. The number of benzene rings is 6. The topological polar surface area (TPSA) is 26.8 Å². The predicted octanol–water partition coefficient (Wildman–Crippen LogP) is 6.43. The van der Waals surface area contributed by atoms with E-state index in [-0.39, 0.29) is 0 Å². The Labute approximate surface area is 303 Å². The van der Waals surface area contributed by atoms with Gasteiger partial charge in [-0.1, -0.05) is 91.0 Å². The van der Waals surface area contributed by atoms with Crippen LogP contribution in [0.1, 0.15) is 0 Å². The number of aromatic nitrogens is 4.